The van der Waals surface area contributed by atoms with Crippen LogP contribution in [0.4, 0.5) is 0 Å². The number of aliphatic hydroxyl groups excluding tert-OH is 1. The lowest BCUT2D eigenvalue weighted by Gasteiger charge is -2.14. The summed E-state index contributed by atoms with van der Waals surface area (Å²) in [7, 11) is -0.881. The third-order valence-electron chi connectivity index (χ3n) is 2.16. The second-order valence-corrected chi connectivity index (χ2v) is 10.4. The van der Waals surface area contributed by atoms with Crippen LogP contribution < -0.4 is 0 Å². The highest BCUT2D eigenvalue weighted by Crippen LogP contribution is 2.40. The van der Waals surface area contributed by atoms with Crippen molar-refractivity contribution in [2.75, 3.05) is 13.2 Å². The minimum Gasteiger partial charge on any atom is -0.394 e. The molecule has 12 heavy (non-hydrogen) atoms. The first kappa shape index (κ1) is 10.2. The molecule has 0 aromatic rings. The minimum absolute atomic E-state index is 0.163. The van der Waals surface area contributed by atoms with Crippen LogP contribution in [0.3, 0.4) is 0 Å². The normalized spacial score (nSPS) is 29.0. The fraction of sp³-hybridized carbons (Fsp3) is 1.00. The van der Waals surface area contributed by atoms with Gasteiger partial charge in [-0.1, -0.05) is 25.7 Å². The SMILES string of the molecule is C[Si](C)(C)CC1CC1OCCO. The van der Waals surface area contributed by atoms with Gasteiger partial charge in [0.2, 0.25) is 0 Å². The summed E-state index contributed by atoms with van der Waals surface area (Å²) in [5.74, 6) is 0.809. The highest BCUT2D eigenvalue weighted by atomic mass is 28.3. The molecule has 0 heterocycles. The van der Waals surface area contributed by atoms with Crippen molar-refractivity contribution in [3.05, 3.63) is 0 Å². The molecule has 0 bridgehead atoms. The van der Waals surface area contributed by atoms with E-state index in [1.165, 1.54) is 12.5 Å². The predicted octanol–water partition coefficient (Wildman–Crippen LogP) is 1.72. The fourth-order valence-electron chi connectivity index (χ4n) is 1.63. The first-order chi connectivity index (χ1) is 5.53. The molecule has 3 heteroatoms. The van der Waals surface area contributed by atoms with Crippen LogP contribution in [0, 0.1) is 5.92 Å². The molecule has 1 rings (SSSR count). The molecule has 1 fully saturated rings. The van der Waals surface area contributed by atoms with Crippen LogP contribution in [0.2, 0.25) is 25.7 Å². The van der Waals surface area contributed by atoms with Gasteiger partial charge in [0.25, 0.3) is 0 Å². The van der Waals surface area contributed by atoms with E-state index in [2.05, 4.69) is 19.6 Å². The Balaban J connectivity index is 2.08. The third kappa shape index (κ3) is 3.69. The Morgan fingerprint density at radius 1 is 1.42 bits per heavy atom. The summed E-state index contributed by atoms with van der Waals surface area (Å²) in [6.07, 6.45) is 1.70. The molecule has 0 spiro atoms. The number of hydrogen-bond donors (Lipinski definition) is 1. The van der Waals surface area contributed by atoms with Crippen molar-refractivity contribution in [2.45, 2.75) is 38.2 Å². The van der Waals surface area contributed by atoms with Crippen LogP contribution in [0.5, 0.6) is 0 Å². The molecule has 0 aromatic carbocycles. The van der Waals surface area contributed by atoms with Crippen molar-refractivity contribution in [1.82, 2.24) is 0 Å². The molecular formula is C9H20O2Si. The van der Waals surface area contributed by atoms with E-state index in [9.17, 15) is 0 Å². The van der Waals surface area contributed by atoms with E-state index < -0.39 is 8.07 Å². The monoisotopic (exact) mass is 188 g/mol. The van der Waals surface area contributed by atoms with Gasteiger partial charge in [-0.3, -0.25) is 0 Å². The zero-order valence-electron chi connectivity index (χ0n) is 8.34. The molecule has 0 radical (unpaired) electrons. The molecule has 2 unspecified atom stereocenters. The largest absolute Gasteiger partial charge is 0.394 e. The lowest BCUT2D eigenvalue weighted by atomic mass is 10.5. The standard InChI is InChI=1S/C9H20O2Si/c1-12(2,3)7-8-6-9(8)11-5-4-10/h8-10H,4-7H2,1-3H3. The van der Waals surface area contributed by atoms with E-state index >= 15 is 0 Å². The smallest absolute Gasteiger partial charge is 0.0701 e. The Labute approximate surface area is 75.9 Å². The van der Waals surface area contributed by atoms with Crippen LogP contribution in [0.1, 0.15) is 6.42 Å². The van der Waals surface area contributed by atoms with Gasteiger partial charge in [0.1, 0.15) is 0 Å². The number of ether oxygens (including phenoxy) is 1. The van der Waals surface area contributed by atoms with Crippen LogP contribution in [-0.4, -0.2) is 32.5 Å². The summed E-state index contributed by atoms with van der Waals surface area (Å²) in [5, 5.41) is 8.55. The van der Waals surface area contributed by atoms with Gasteiger partial charge in [-0.2, -0.15) is 0 Å². The van der Waals surface area contributed by atoms with Gasteiger partial charge in [-0.15, -0.1) is 0 Å². The predicted molar refractivity (Wildman–Crippen MR) is 53.1 cm³/mol. The van der Waals surface area contributed by atoms with Gasteiger partial charge in [-0.25, -0.2) is 0 Å². The van der Waals surface area contributed by atoms with Gasteiger partial charge < -0.3 is 9.84 Å². The third-order valence-corrected chi connectivity index (χ3v) is 3.90. The summed E-state index contributed by atoms with van der Waals surface area (Å²) in [6, 6.07) is 1.38. The molecule has 0 saturated heterocycles. The highest BCUT2D eigenvalue weighted by Gasteiger charge is 2.40. The lowest BCUT2D eigenvalue weighted by Crippen LogP contribution is -2.21. The second kappa shape index (κ2) is 3.90. The quantitative estimate of drug-likeness (QED) is 0.666. The molecule has 0 aromatic heterocycles. The van der Waals surface area contributed by atoms with Crippen LogP contribution in [-0.2, 0) is 4.74 Å². The van der Waals surface area contributed by atoms with E-state index in [1.54, 1.807) is 0 Å². The molecule has 0 amide bonds. The maximum atomic E-state index is 8.55. The van der Waals surface area contributed by atoms with Crippen molar-refractivity contribution in [2.24, 2.45) is 5.92 Å². The summed E-state index contributed by atoms with van der Waals surface area (Å²) in [6.45, 7) is 7.88. The minimum atomic E-state index is -0.881. The summed E-state index contributed by atoms with van der Waals surface area (Å²) >= 11 is 0. The van der Waals surface area contributed by atoms with Crippen molar-refractivity contribution in [1.29, 1.82) is 0 Å². The summed E-state index contributed by atoms with van der Waals surface area (Å²) in [5.41, 5.74) is 0. The average molecular weight is 188 g/mol. The van der Waals surface area contributed by atoms with Gasteiger partial charge in [0.05, 0.1) is 19.3 Å². The average Bonchev–Trinajstić information content (AvgIpc) is 2.60. The van der Waals surface area contributed by atoms with Crippen molar-refractivity contribution in [3.8, 4) is 0 Å². The Hall–Kier alpha value is 0.137. The van der Waals surface area contributed by atoms with Gasteiger partial charge >= 0.3 is 0 Å². The molecule has 1 aliphatic rings. The maximum Gasteiger partial charge on any atom is 0.0701 e. The fourth-order valence-corrected chi connectivity index (χ4v) is 3.63. The first-order valence-corrected chi connectivity index (χ1v) is 8.46. The van der Waals surface area contributed by atoms with Gasteiger partial charge in [-0.05, 0) is 12.3 Å². The highest BCUT2D eigenvalue weighted by molar-refractivity contribution is 6.76. The lowest BCUT2D eigenvalue weighted by molar-refractivity contribution is 0.0741. The van der Waals surface area contributed by atoms with E-state index in [0.29, 0.717) is 12.7 Å². The Kier molecular flexibility index (Phi) is 3.32. The molecular weight excluding hydrogens is 168 g/mol. The van der Waals surface area contributed by atoms with Crippen molar-refractivity contribution < 1.29 is 9.84 Å². The van der Waals surface area contributed by atoms with Crippen molar-refractivity contribution >= 4 is 8.07 Å². The Bertz CT molecular complexity index is 142. The Morgan fingerprint density at radius 3 is 2.58 bits per heavy atom. The number of aliphatic hydroxyl groups is 1. The zero-order chi connectivity index (χ0) is 9.19. The first-order valence-electron chi connectivity index (χ1n) is 4.75. The van der Waals surface area contributed by atoms with Crippen LogP contribution in [0.15, 0.2) is 0 Å². The zero-order valence-corrected chi connectivity index (χ0v) is 9.34. The van der Waals surface area contributed by atoms with Crippen molar-refractivity contribution in [3.63, 3.8) is 0 Å². The van der Waals surface area contributed by atoms with Crippen LogP contribution >= 0.6 is 0 Å². The number of rotatable bonds is 5. The molecule has 2 nitrogen and oxygen atoms in total. The maximum absolute atomic E-state index is 8.55. The van der Waals surface area contributed by atoms with Gasteiger partial charge in [0, 0.05) is 8.07 Å². The number of hydrogen-bond acceptors (Lipinski definition) is 2. The molecule has 0 aliphatic heterocycles. The van der Waals surface area contributed by atoms with E-state index in [4.69, 9.17) is 9.84 Å². The molecule has 1 saturated carbocycles. The summed E-state index contributed by atoms with van der Waals surface area (Å²) < 4.78 is 5.43. The molecule has 1 N–H and O–H groups in total. The topological polar surface area (TPSA) is 29.5 Å². The van der Waals surface area contributed by atoms with E-state index in [1.807, 2.05) is 0 Å². The molecule has 2 atom stereocenters. The van der Waals surface area contributed by atoms with Crippen LogP contribution in [0.25, 0.3) is 0 Å². The molecule has 72 valence electrons. The van der Waals surface area contributed by atoms with Gasteiger partial charge in [0.15, 0.2) is 0 Å². The Morgan fingerprint density at radius 2 is 2.08 bits per heavy atom. The van der Waals surface area contributed by atoms with E-state index in [-0.39, 0.29) is 6.61 Å². The second-order valence-electron chi connectivity index (χ2n) is 4.89. The van der Waals surface area contributed by atoms with E-state index in [0.717, 1.165) is 5.92 Å². The molecule has 1 aliphatic carbocycles. The summed E-state index contributed by atoms with van der Waals surface area (Å²) in [4.78, 5) is 0.